The minimum Gasteiger partial charge on any atom is -0.326 e. The van der Waals surface area contributed by atoms with E-state index >= 15 is 0 Å². The van der Waals surface area contributed by atoms with E-state index < -0.39 is 4.92 Å². The van der Waals surface area contributed by atoms with Crippen LogP contribution in [-0.4, -0.2) is 22.4 Å². The summed E-state index contributed by atoms with van der Waals surface area (Å²) in [6.45, 7) is 5.61. The van der Waals surface area contributed by atoms with Crippen LogP contribution in [-0.2, 0) is 16.0 Å². The minimum absolute atomic E-state index is 0.0314. The number of hydrogen-bond donors (Lipinski definition) is 2. The summed E-state index contributed by atoms with van der Waals surface area (Å²) in [4.78, 5) is 34.1. The Balaban J connectivity index is 1.83. The van der Waals surface area contributed by atoms with Gasteiger partial charge < -0.3 is 5.32 Å². The molecule has 0 aliphatic heterocycles. The van der Waals surface area contributed by atoms with Crippen molar-refractivity contribution in [2.75, 3.05) is 5.32 Å². The molecule has 2 aromatic carbocycles. The summed E-state index contributed by atoms with van der Waals surface area (Å²) in [7, 11) is 0. The zero-order chi connectivity index (χ0) is 20.7. The van der Waals surface area contributed by atoms with Gasteiger partial charge in [0.15, 0.2) is 0 Å². The largest absolute Gasteiger partial charge is 0.326 e. The van der Waals surface area contributed by atoms with Gasteiger partial charge in [-0.25, -0.2) is 5.43 Å². The Morgan fingerprint density at radius 2 is 1.71 bits per heavy atom. The first kappa shape index (κ1) is 20.8. The van der Waals surface area contributed by atoms with E-state index in [1.54, 1.807) is 6.92 Å². The molecule has 0 aliphatic rings. The Bertz CT molecular complexity index is 920. The fourth-order valence-corrected chi connectivity index (χ4v) is 2.41. The molecule has 2 rings (SSSR count). The fraction of sp³-hybridized carbons (Fsp3) is 0.250. The molecule has 0 saturated heterocycles. The third-order valence-electron chi connectivity index (χ3n) is 4.09. The maximum absolute atomic E-state index is 12.1. The van der Waals surface area contributed by atoms with Crippen molar-refractivity contribution in [2.24, 2.45) is 5.10 Å². The second kappa shape index (κ2) is 9.40. The van der Waals surface area contributed by atoms with Crippen molar-refractivity contribution in [3.63, 3.8) is 0 Å². The molecule has 8 heteroatoms. The van der Waals surface area contributed by atoms with E-state index in [1.807, 2.05) is 32.0 Å². The molecule has 0 unspecified atom stereocenters. The first-order valence-corrected chi connectivity index (χ1v) is 8.67. The highest BCUT2D eigenvalue weighted by molar-refractivity contribution is 6.05. The van der Waals surface area contributed by atoms with Crippen LogP contribution < -0.4 is 10.7 Å². The zero-order valence-electron chi connectivity index (χ0n) is 16.0. The molecular weight excluding hydrogens is 360 g/mol. The van der Waals surface area contributed by atoms with Crippen LogP contribution in [0.15, 0.2) is 47.6 Å². The van der Waals surface area contributed by atoms with Crippen LogP contribution in [0.5, 0.6) is 0 Å². The van der Waals surface area contributed by atoms with Crippen LogP contribution in [0.2, 0.25) is 0 Å². The number of rotatable bonds is 7. The molecule has 0 radical (unpaired) electrons. The number of hydrogen-bond acceptors (Lipinski definition) is 5. The molecule has 2 N–H and O–H groups in total. The van der Waals surface area contributed by atoms with E-state index in [0.717, 1.165) is 11.1 Å². The highest BCUT2D eigenvalue weighted by atomic mass is 16.6. The Morgan fingerprint density at radius 1 is 1.04 bits per heavy atom. The van der Waals surface area contributed by atoms with Crippen LogP contribution in [0, 0.1) is 24.0 Å². The third kappa shape index (κ3) is 6.31. The predicted octanol–water partition coefficient (Wildman–Crippen LogP) is 3.28. The Labute approximate surface area is 162 Å². The fourth-order valence-electron chi connectivity index (χ4n) is 2.41. The van der Waals surface area contributed by atoms with Gasteiger partial charge in [-0.1, -0.05) is 18.2 Å². The van der Waals surface area contributed by atoms with Crippen molar-refractivity contribution in [3.8, 4) is 0 Å². The molecule has 2 amide bonds. The molecule has 0 saturated carbocycles. The lowest BCUT2D eigenvalue weighted by Gasteiger charge is -2.08. The number of carbonyl (C=O) groups excluding carboxylic acids is 2. The number of non-ortho nitro benzene ring substituents is 1. The molecular formula is C20H22N4O4. The van der Waals surface area contributed by atoms with Gasteiger partial charge in [0.25, 0.3) is 5.69 Å². The van der Waals surface area contributed by atoms with Crippen LogP contribution in [0.3, 0.4) is 0 Å². The Morgan fingerprint density at radius 3 is 2.32 bits per heavy atom. The summed E-state index contributed by atoms with van der Waals surface area (Å²) >= 11 is 0. The van der Waals surface area contributed by atoms with Crippen molar-refractivity contribution in [1.29, 1.82) is 0 Å². The standard InChI is InChI=1S/C20H22N4O4/c1-13-4-7-17(10-14(13)2)21-19(25)11-15(3)22-23-20(26)12-16-5-8-18(9-6-16)24(27)28/h4-10H,11-12H2,1-3H3,(H,21,25)(H,23,26)/b22-15-. The smallest absolute Gasteiger partial charge is 0.269 e. The van der Waals surface area contributed by atoms with Gasteiger partial charge in [-0.2, -0.15) is 5.10 Å². The van der Waals surface area contributed by atoms with Crippen LogP contribution >= 0.6 is 0 Å². The van der Waals surface area contributed by atoms with Gasteiger partial charge in [-0.05, 0) is 49.6 Å². The molecule has 0 spiro atoms. The molecule has 146 valence electrons. The topological polar surface area (TPSA) is 114 Å². The molecule has 0 bridgehead atoms. The maximum atomic E-state index is 12.1. The van der Waals surface area contributed by atoms with Crippen LogP contribution in [0.25, 0.3) is 0 Å². The number of nitro groups is 1. The van der Waals surface area contributed by atoms with E-state index in [4.69, 9.17) is 0 Å². The van der Waals surface area contributed by atoms with E-state index in [9.17, 15) is 19.7 Å². The van der Waals surface area contributed by atoms with Gasteiger partial charge in [0.1, 0.15) is 0 Å². The highest BCUT2D eigenvalue weighted by Gasteiger charge is 2.08. The van der Waals surface area contributed by atoms with E-state index in [2.05, 4.69) is 15.8 Å². The lowest BCUT2D eigenvalue weighted by atomic mass is 10.1. The molecule has 0 atom stereocenters. The second-order valence-corrected chi connectivity index (χ2v) is 6.51. The van der Waals surface area contributed by atoms with Crippen LogP contribution in [0.4, 0.5) is 11.4 Å². The number of aryl methyl sites for hydroxylation is 2. The van der Waals surface area contributed by atoms with Crippen molar-refractivity contribution in [1.82, 2.24) is 5.43 Å². The summed E-state index contributed by atoms with van der Waals surface area (Å²) in [5.41, 5.74) is 6.38. The summed E-state index contributed by atoms with van der Waals surface area (Å²) in [6, 6.07) is 11.4. The summed E-state index contributed by atoms with van der Waals surface area (Å²) in [5, 5.41) is 17.3. The van der Waals surface area contributed by atoms with E-state index in [0.29, 0.717) is 17.0 Å². The number of nitrogens with one attached hydrogen (secondary N) is 2. The van der Waals surface area contributed by atoms with Gasteiger partial charge in [0.05, 0.1) is 17.8 Å². The molecule has 0 heterocycles. The number of nitrogens with zero attached hydrogens (tertiary/aromatic N) is 2. The zero-order valence-corrected chi connectivity index (χ0v) is 16.0. The molecule has 2 aromatic rings. The molecule has 0 aromatic heterocycles. The number of benzene rings is 2. The number of amides is 2. The average Bonchev–Trinajstić information content (AvgIpc) is 2.63. The Hall–Kier alpha value is -3.55. The summed E-state index contributed by atoms with van der Waals surface area (Å²) < 4.78 is 0. The van der Waals surface area contributed by atoms with Crippen molar-refractivity contribution in [3.05, 3.63) is 69.3 Å². The normalized spacial score (nSPS) is 11.0. The summed E-state index contributed by atoms with van der Waals surface area (Å²) in [6.07, 6.45) is 0.0777. The van der Waals surface area contributed by atoms with Crippen molar-refractivity contribution < 1.29 is 14.5 Å². The summed E-state index contributed by atoms with van der Waals surface area (Å²) in [5.74, 6) is -0.600. The quantitative estimate of drug-likeness (QED) is 0.434. The number of nitro benzene ring substituents is 1. The molecule has 8 nitrogen and oxygen atoms in total. The predicted molar refractivity (Wildman–Crippen MR) is 107 cm³/mol. The van der Waals surface area contributed by atoms with Gasteiger partial charge in [0, 0.05) is 23.5 Å². The maximum Gasteiger partial charge on any atom is 0.269 e. The monoisotopic (exact) mass is 382 g/mol. The number of carbonyl (C=O) groups is 2. The first-order valence-electron chi connectivity index (χ1n) is 8.67. The molecule has 28 heavy (non-hydrogen) atoms. The SMILES string of the molecule is C/C(CC(=O)Nc1ccc(C)c(C)c1)=N/NC(=O)Cc1ccc([N+](=O)[O-])cc1. The lowest BCUT2D eigenvalue weighted by molar-refractivity contribution is -0.384. The first-order chi connectivity index (χ1) is 13.2. The van der Waals surface area contributed by atoms with Gasteiger partial charge >= 0.3 is 0 Å². The van der Waals surface area contributed by atoms with E-state index in [1.165, 1.54) is 24.3 Å². The van der Waals surface area contributed by atoms with Gasteiger partial charge in [0.2, 0.25) is 11.8 Å². The average molecular weight is 382 g/mol. The number of anilines is 1. The number of hydrazone groups is 1. The molecule has 0 fully saturated rings. The van der Waals surface area contributed by atoms with Gasteiger partial charge in [-0.3, -0.25) is 19.7 Å². The highest BCUT2D eigenvalue weighted by Crippen LogP contribution is 2.14. The Kier molecular flexibility index (Phi) is 6.97. The van der Waals surface area contributed by atoms with Crippen molar-refractivity contribution >= 4 is 28.9 Å². The van der Waals surface area contributed by atoms with E-state index in [-0.39, 0.29) is 30.3 Å². The minimum atomic E-state index is -0.500. The van der Waals surface area contributed by atoms with Gasteiger partial charge in [-0.15, -0.1) is 0 Å². The lowest BCUT2D eigenvalue weighted by Crippen LogP contribution is -2.22. The second-order valence-electron chi connectivity index (χ2n) is 6.51. The van der Waals surface area contributed by atoms with Crippen molar-refractivity contribution in [2.45, 2.75) is 33.6 Å². The third-order valence-corrected chi connectivity index (χ3v) is 4.09. The molecule has 0 aliphatic carbocycles. The van der Waals surface area contributed by atoms with Crippen LogP contribution in [0.1, 0.15) is 30.0 Å².